The largest absolute Gasteiger partial charge is 0.261 e. The molecule has 1 aromatic carbocycles. The fraction of sp³-hybridized carbons (Fsp3) is 0. The molecule has 5 nitrogen and oxygen atoms in total. The lowest BCUT2D eigenvalue weighted by Gasteiger charge is -2.03. The number of nitrogens with two attached hydrogens (primary N) is 1. The van der Waals surface area contributed by atoms with Crippen molar-refractivity contribution in [2.75, 3.05) is 0 Å². The summed E-state index contributed by atoms with van der Waals surface area (Å²) < 4.78 is 43.8. The second-order valence-corrected chi connectivity index (χ2v) is 7.08. The van der Waals surface area contributed by atoms with Gasteiger partial charge in [0.15, 0.2) is 0 Å². The van der Waals surface area contributed by atoms with Crippen LogP contribution < -0.4 is 5.14 Å². The summed E-state index contributed by atoms with van der Waals surface area (Å²) in [6, 6.07) is 2.98. The molecule has 0 aromatic heterocycles. The summed E-state index contributed by atoms with van der Waals surface area (Å²) in [4.78, 5) is -0.858. The average Bonchev–Trinajstić information content (AvgIpc) is 2.00. The first-order valence-electron chi connectivity index (χ1n) is 3.39. The van der Waals surface area contributed by atoms with Gasteiger partial charge in [-0.1, -0.05) is 11.6 Å². The summed E-state index contributed by atoms with van der Waals surface area (Å²) in [6.45, 7) is 0. The normalized spacial score (nSPS) is 12.7. The molecule has 0 aliphatic heterocycles. The van der Waals surface area contributed by atoms with Crippen LogP contribution in [0.1, 0.15) is 0 Å². The van der Waals surface area contributed by atoms with Gasteiger partial charge in [0, 0.05) is 10.7 Å². The summed E-state index contributed by atoms with van der Waals surface area (Å²) in [5, 5.41) is 4.65. The molecule has 0 bridgehead atoms. The van der Waals surface area contributed by atoms with Gasteiger partial charge in [0.05, 0.1) is 9.92 Å². The van der Waals surface area contributed by atoms with Gasteiger partial charge in [-0.25, -0.2) is 22.0 Å². The van der Waals surface area contributed by atoms with Gasteiger partial charge in [0.25, 0.3) is 9.05 Å². The van der Waals surface area contributed by atoms with E-state index in [1.54, 1.807) is 0 Å². The molecule has 0 fully saturated rings. The minimum Gasteiger partial charge on any atom is -0.225 e. The van der Waals surface area contributed by atoms with E-state index in [9.17, 15) is 16.8 Å². The van der Waals surface area contributed by atoms with E-state index < -0.39 is 24.0 Å². The second-order valence-electron chi connectivity index (χ2n) is 2.58. The van der Waals surface area contributed by atoms with Crippen LogP contribution in [-0.2, 0) is 19.1 Å². The van der Waals surface area contributed by atoms with Crippen LogP contribution in [0, 0.1) is 0 Å². The van der Waals surface area contributed by atoms with Crippen molar-refractivity contribution in [3.8, 4) is 0 Å². The zero-order valence-corrected chi connectivity index (χ0v) is 10.2. The molecule has 0 aliphatic carbocycles. The number of rotatable bonds is 2. The first-order valence-corrected chi connectivity index (χ1v) is 7.63. The maximum atomic E-state index is 11.0. The molecule has 0 unspecified atom stereocenters. The van der Waals surface area contributed by atoms with Gasteiger partial charge < -0.3 is 0 Å². The van der Waals surface area contributed by atoms with Crippen molar-refractivity contribution < 1.29 is 16.8 Å². The SMILES string of the molecule is NS(=O)(=O)c1cc(S(=O)(=O)Cl)ccc1Cl. The van der Waals surface area contributed by atoms with E-state index in [4.69, 9.17) is 27.4 Å². The summed E-state index contributed by atoms with van der Waals surface area (Å²) in [5.74, 6) is 0. The molecule has 0 saturated heterocycles. The number of sulfonamides is 1. The van der Waals surface area contributed by atoms with E-state index in [0.29, 0.717) is 0 Å². The predicted molar refractivity (Wildman–Crippen MR) is 55.9 cm³/mol. The van der Waals surface area contributed by atoms with E-state index in [2.05, 4.69) is 0 Å². The molecule has 9 heteroatoms. The Morgan fingerprint density at radius 1 is 1.13 bits per heavy atom. The zero-order valence-electron chi connectivity index (χ0n) is 7.01. The summed E-state index contributed by atoms with van der Waals surface area (Å²) in [5.41, 5.74) is 0. The highest BCUT2D eigenvalue weighted by Gasteiger charge is 2.18. The van der Waals surface area contributed by atoms with Crippen molar-refractivity contribution in [1.82, 2.24) is 0 Å². The van der Waals surface area contributed by atoms with Crippen molar-refractivity contribution >= 4 is 41.4 Å². The first kappa shape index (κ1) is 12.7. The molecule has 1 aromatic rings. The molecular weight excluding hydrogens is 285 g/mol. The topological polar surface area (TPSA) is 94.3 Å². The highest BCUT2D eigenvalue weighted by atomic mass is 35.7. The van der Waals surface area contributed by atoms with Gasteiger partial charge >= 0.3 is 0 Å². The Labute approximate surface area is 96.3 Å². The third-order valence-electron chi connectivity index (χ3n) is 1.49. The van der Waals surface area contributed by atoms with Crippen LogP contribution in [0.25, 0.3) is 0 Å². The van der Waals surface area contributed by atoms with Crippen LogP contribution in [0.3, 0.4) is 0 Å². The second kappa shape index (κ2) is 3.91. The van der Waals surface area contributed by atoms with Gasteiger partial charge in [0.1, 0.15) is 4.90 Å². The van der Waals surface area contributed by atoms with E-state index in [-0.39, 0.29) is 9.92 Å². The molecule has 0 aliphatic rings. The zero-order chi connectivity index (χ0) is 11.9. The Bertz CT molecular complexity index is 594. The molecular formula is C6H5Cl2NO4S2. The maximum Gasteiger partial charge on any atom is 0.261 e. The third kappa shape index (κ3) is 3.05. The fourth-order valence-corrected chi connectivity index (χ4v) is 2.78. The Morgan fingerprint density at radius 3 is 2.07 bits per heavy atom. The van der Waals surface area contributed by atoms with Gasteiger partial charge in [-0.3, -0.25) is 0 Å². The van der Waals surface area contributed by atoms with E-state index in [1.165, 1.54) is 0 Å². The maximum absolute atomic E-state index is 11.0. The Morgan fingerprint density at radius 2 is 1.67 bits per heavy atom. The molecule has 0 atom stereocenters. The van der Waals surface area contributed by atoms with Gasteiger partial charge in [-0.2, -0.15) is 0 Å². The molecule has 0 heterocycles. The molecule has 1 rings (SSSR count). The predicted octanol–water partition coefficient (Wildman–Crippen LogP) is 0.915. The highest BCUT2D eigenvalue weighted by Crippen LogP contribution is 2.25. The average molecular weight is 290 g/mol. The van der Waals surface area contributed by atoms with Gasteiger partial charge in [0.2, 0.25) is 10.0 Å². The molecule has 2 N–H and O–H groups in total. The molecule has 15 heavy (non-hydrogen) atoms. The van der Waals surface area contributed by atoms with Crippen LogP contribution >= 0.6 is 22.3 Å². The summed E-state index contributed by atoms with van der Waals surface area (Å²) in [7, 11) is -3.05. The number of primary sulfonamides is 1. The lowest BCUT2D eigenvalue weighted by Crippen LogP contribution is -2.13. The Kier molecular flexibility index (Phi) is 3.32. The molecule has 0 amide bonds. The highest BCUT2D eigenvalue weighted by molar-refractivity contribution is 8.13. The fourth-order valence-electron chi connectivity index (χ4n) is 0.853. The van der Waals surface area contributed by atoms with E-state index >= 15 is 0 Å². The van der Waals surface area contributed by atoms with Crippen molar-refractivity contribution in [1.29, 1.82) is 0 Å². The quantitative estimate of drug-likeness (QED) is 0.819. The first-order chi connectivity index (χ1) is 6.62. The number of hydrogen-bond donors (Lipinski definition) is 1. The van der Waals surface area contributed by atoms with Gasteiger partial charge in [-0.05, 0) is 18.2 Å². The van der Waals surface area contributed by atoms with E-state index in [0.717, 1.165) is 18.2 Å². The standard InChI is InChI=1S/C6H5Cl2NO4S2/c7-5-2-1-4(14(8,10)11)3-6(5)15(9,12)13/h1-3H,(H2,9,12,13). The lowest BCUT2D eigenvalue weighted by atomic mass is 10.4. The van der Waals surface area contributed by atoms with Crippen LogP contribution in [0.15, 0.2) is 28.0 Å². The Hall–Kier alpha value is -0.340. The van der Waals surface area contributed by atoms with Crippen molar-refractivity contribution in [3.63, 3.8) is 0 Å². The summed E-state index contributed by atoms with van der Waals surface area (Å²) in [6.07, 6.45) is 0. The number of benzene rings is 1. The Balaban J connectivity index is 3.57. The minimum absolute atomic E-state index is 0.165. The number of hydrogen-bond acceptors (Lipinski definition) is 4. The molecule has 0 saturated carbocycles. The van der Waals surface area contributed by atoms with Crippen molar-refractivity contribution in [2.45, 2.75) is 9.79 Å². The van der Waals surface area contributed by atoms with Crippen molar-refractivity contribution in [3.05, 3.63) is 23.2 Å². The van der Waals surface area contributed by atoms with Crippen molar-refractivity contribution in [2.24, 2.45) is 5.14 Å². The molecule has 0 radical (unpaired) electrons. The third-order valence-corrected chi connectivity index (χ3v) is 4.23. The molecule has 84 valence electrons. The minimum atomic E-state index is -4.07. The van der Waals surface area contributed by atoms with Gasteiger partial charge in [-0.15, -0.1) is 0 Å². The van der Waals surface area contributed by atoms with Crippen LogP contribution in [0.4, 0.5) is 0 Å². The summed E-state index contributed by atoms with van der Waals surface area (Å²) >= 11 is 5.53. The monoisotopic (exact) mass is 289 g/mol. The molecule has 0 spiro atoms. The van der Waals surface area contributed by atoms with E-state index in [1.807, 2.05) is 0 Å². The smallest absolute Gasteiger partial charge is 0.225 e. The van der Waals surface area contributed by atoms with Crippen LogP contribution in [0.5, 0.6) is 0 Å². The van der Waals surface area contributed by atoms with Crippen LogP contribution in [-0.4, -0.2) is 16.8 Å². The lowest BCUT2D eigenvalue weighted by molar-refractivity contribution is 0.597. The number of halogens is 2. The van der Waals surface area contributed by atoms with Crippen LogP contribution in [0.2, 0.25) is 5.02 Å².